The summed E-state index contributed by atoms with van der Waals surface area (Å²) in [6.45, 7) is 3.47. The number of hydrogen-bond donors (Lipinski definition) is 3. The quantitative estimate of drug-likeness (QED) is 0.383. The van der Waals surface area contributed by atoms with E-state index < -0.39 is 23.8 Å². The SMILES string of the molecule is CNC[C@H](CC1CCOCC1)NC(=O)N1CCC[C@@H](C(OCCNC(=O)OC)c2cc(F)cc(F)c2)C1. The minimum Gasteiger partial charge on any atom is -0.453 e. The van der Waals surface area contributed by atoms with Gasteiger partial charge in [-0.25, -0.2) is 18.4 Å². The average Bonchev–Trinajstić information content (AvgIpc) is 2.88. The molecule has 37 heavy (non-hydrogen) atoms. The second kappa shape index (κ2) is 15.0. The number of likely N-dealkylation sites (tertiary alicyclic amines) is 1. The van der Waals surface area contributed by atoms with Crippen LogP contribution in [0.4, 0.5) is 18.4 Å². The maximum atomic E-state index is 14.1. The molecule has 2 aliphatic heterocycles. The van der Waals surface area contributed by atoms with Crippen LogP contribution in [0.25, 0.3) is 0 Å². The van der Waals surface area contributed by atoms with Gasteiger partial charge >= 0.3 is 12.1 Å². The Morgan fingerprint density at radius 3 is 2.57 bits per heavy atom. The van der Waals surface area contributed by atoms with E-state index in [1.807, 2.05) is 7.05 Å². The molecule has 0 spiro atoms. The monoisotopic (exact) mass is 526 g/mol. The Hall–Kier alpha value is -2.50. The summed E-state index contributed by atoms with van der Waals surface area (Å²) in [7, 11) is 3.13. The molecule has 2 heterocycles. The number of ether oxygens (including phenoxy) is 3. The van der Waals surface area contributed by atoms with Crippen molar-refractivity contribution in [3.63, 3.8) is 0 Å². The number of nitrogens with zero attached hydrogens (tertiary/aromatic N) is 1. The van der Waals surface area contributed by atoms with Crippen molar-refractivity contribution in [3.8, 4) is 0 Å². The Morgan fingerprint density at radius 1 is 1.16 bits per heavy atom. The molecule has 0 saturated carbocycles. The molecule has 0 aromatic heterocycles. The van der Waals surface area contributed by atoms with Gasteiger partial charge in [0, 0.05) is 57.4 Å². The first-order chi connectivity index (χ1) is 17.9. The number of halogens is 2. The Kier molecular flexibility index (Phi) is 11.8. The maximum Gasteiger partial charge on any atom is 0.406 e. The van der Waals surface area contributed by atoms with Crippen molar-refractivity contribution < 1.29 is 32.6 Å². The van der Waals surface area contributed by atoms with Gasteiger partial charge in [-0.1, -0.05) is 0 Å². The number of piperidine rings is 1. The number of carbonyl (C=O) groups excluding carboxylic acids is 2. The molecular weight excluding hydrogens is 486 g/mol. The predicted octanol–water partition coefficient (Wildman–Crippen LogP) is 3.20. The van der Waals surface area contributed by atoms with Crippen LogP contribution in [-0.4, -0.2) is 83.2 Å². The van der Waals surface area contributed by atoms with Gasteiger partial charge in [0.05, 0.1) is 19.8 Å². The van der Waals surface area contributed by atoms with E-state index in [0.29, 0.717) is 31.1 Å². The summed E-state index contributed by atoms with van der Waals surface area (Å²) < 4.78 is 44.2. The Morgan fingerprint density at radius 2 is 1.89 bits per heavy atom. The van der Waals surface area contributed by atoms with E-state index >= 15 is 0 Å². The first-order valence-electron chi connectivity index (χ1n) is 13.1. The second-order valence-electron chi connectivity index (χ2n) is 9.76. The van der Waals surface area contributed by atoms with E-state index in [1.54, 1.807) is 4.90 Å². The Balaban J connectivity index is 1.65. The molecule has 3 rings (SSSR count). The van der Waals surface area contributed by atoms with E-state index in [1.165, 1.54) is 19.2 Å². The summed E-state index contributed by atoms with van der Waals surface area (Å²) in [6.07, 6.45) is 3.12. The number of hydrogen-bond acceptors (Lipinski definition) is 6. The number of benzene rings is 1. The summed E-state index contributed by atoms with van der Waals surface area (Å²) in [6, 6.07) is 3.19. The highest BCUT2D eigenvalue weighted by Crippen LogP contribution is 2.34. The number of nitrogens with one attached hydrogen (secondary N) is 3. The molecule has 3 amide bonds. The van der Waals surface area contributed by atoms with E-state index in [9.17, 15) is 18.4 Å². The van der Waals surface area contributed by atoms with Gasteiger partial charge in [0.1, 0.15) is 11.6 Å². The molecule has 0 bridgehead atoms. The zero-order valence-corrected chi connectivity index (χ0v) is 21.8. The lowest BCUT2D eigenvalue weighted by atomic mass is 9.88. The Bertz CT molecular complexity index is 851. The van der Waals surface area contributed by atoms with Crippen LogP contribution in [0, 0.1) is 23.5 Å². The molecule has 1 aromatic carbocycles. The van der Waals surface area contributed by atoms with Gasteiger partial charge in [-0.2, -0.15) is 0 Å². The van der Waals surface area contributed by atoms with Crippen LogP contribution < -0.4 is 16.0 Å². The normalized spacial score (nSPS) is 20.2. The summed E-state index contributed by atoms with van der Waals surface area (Å²) >= 11 is 0. The third-order valence-electron chi connectivity index (χ3n) is 6.98. The highest BCUT2D eigenvalue weighted by molar-refractivity contribution is 5.74. The molecule has 1 aromatic rings. The Labute approximate surface area is 217 Å². The molecule has 0 radical (unpaired) electrons. The van der Waals surface area contributed by atoms with Crippen molar-refractivity contribution in [1.82, 2.24) is 20.9 Å². The minimum atomic E-state index is -0.690. The molecule has 2 aliphatic rings. The summed E-state index contributed by atoms with van der Waals surface area (Å²) in [5.41, 5.74) is 0.371. The number of rotatable bonds is 11. The summed E-state index contributed by atoms with van der Waals surface area (Å²) in [5, 5.41) is 8.89. The first kappa shape index (κ1) is 29.1. The van der Waals surface area contributed by atoms with E-state index in [-0.39, 0.29) is 31.1 Å². The minimum absolute atomic E-state index is 0.00488. The zero-order valence-electron chi connectivity index (χ0n) is 21.8. The summed E-state index contributed by atoms with van der Waals surface area (Å²) in [5.74, 6) is -1.03. The number of carbonyl (C=O) groups is 2. The smallest absolute Gasteiger partial charge is 0.406 e. The topological polar surface area (TPSA) is 101 Å². The third-order valence-corrected chi connectivity index (χ3v) is 6.98. The van der Waals surface area contributed by atoms with Crippen molar-refractivity contribution in [1.29, 1.82) is 0 Å². The van der Waals surface area contributed by atoms with Gasteiger partial charge in [0.25, 0.3) is 0 Å². The first-order valence-corrected chi connectivity index (χ1v) is 13.1. The van der Waals surface area contributed by atoms with Crippen LogP contribution in [0.5, 0.6) is 0 Å². The maximum absolute atomic E-state index is 14.1. The van der Waals surface area contributed by atoms with Crippen LogP contribution in [0.2, 0.25) is 0 Å². The molecule has 1 unspecified atom stereocenters. The molecular formula is C26H40F2N4O5. The predicted molar refractivity (Wildman–Crippen MR) is 134 cm³/mol. The number of likely N-dealkylation sites (N-methyl/N-ethyl adjacent to an activating group) is 1. The van der Waals surface area contributed by atoms with Crippen molar-refractivity contribution in [2.45, 2.75) is 44.2 Å². The lowest BCUT2D eigenvalue weighted by molar-refractivity contribution is -0.00901. The van der Waals surface area contributed by atoms with Crippen LogP contribution in [-0.2, 0) is 14.2 Å². The van der Waals surface area contributed by atoms with Crippen molar-refractivity contribution in [3.05, 3.63) is 35.4 Å². The van der Waals surface area contributed by atoms with Gasteiger partial charge in [0.2, 0.25) is 0 Å². The van der Waals surface area contributed by atoms with Crippen LogP contribution in [0.3, 0.4) is 0 Å². The molecule has 208 valence electrons. The zero-order chi connectivity index (χ0) is 26.6. The van der Waals surface area contributed by atoms with Gasteiger partial charge in [-0.15, -0.1) is 0 Å². The van der Waals surface area contributed by atoms with Crippen LogP contribution in [0.15, 0.2) is 18.2 Å². The van der Waals surface area contributed by atoms with Gasteiger partial charge < -0.3 is 35.1 Å². The van der Waals surface area contributed by atoms with E-state index in [4.69, 9.17) is 9.47 Å². The number of methoxy groups -OCH3 is 1. The second-order valence-corrected chi connectivity index (χ2v) is 9.76. The molecule has 0 aliphatic carbocycles. The number of alkyl carbamates (subject to hydrolysis) is 1. The molecule has 9 nitrogen and oxygen atoms in total. The number of urea groups is 1. The van der Waals surface area contributed by atoms with Crippen LogP contribution >= 0.6 is 0 Å². The van der Waals surface area contributed by atoms with E-state index in [0.717, 1.165) is 51.4 Å². The van der Waals surface area contributed by atoms with Gasteiger partial charge in [-0.3, -0.25) is 0 Å². The standard InChI is InChI=1S/C26H40F2N4O5/c1-29-16-23(12-18-5-9-36-10-6-18)31-25(33)32-8-3-4-19(17-32)24(37-11-7-30-26(34)35-2)20-13-21(27)15-22(28)14-20/h13-15,18-19,23-24,29H,3-12,16-17H2,1-2H3,(H,30,34)(H,31,33)/t19-,23+,24?/m1/s1. The largest absolute Gasteiger partial charge is 0.453 e. The molecule has 11 heteroatoms. The number of amides is 3. The highest BCUT2D eigenvalue weighted by atomic mass is 19.1. The van der Waals surface area contributed by atoms with Crippen LogP contribution in [0.1, 0.15) is 43.8 Å². The fourth-order valence-corrected chi connectivity index (χ4v) is 5.19. The fraction of sp³-hybridized carbons (Fsp3) is 0.692. The fourth-order valence-electron chi connectivity index (χ4n) is 5.19. The van der Waals surface area contributed by atoms with Crippen molar-refractivity contribution >= 4 is 12.1 Å². The molecule has 2 fully saturated rings. The third kappa shape index (κ3) is 9.39. The van der Waals surface area contributed by atoms with Gasteiger partial charge in [0.15, 0.2) is 0 Å². The highest BCUT2D eigenvalue weighted by Gasteiger charge is 2.32. The molecule has 3 N–H and O–H groups in total. The van der Waals surface area contributed by atoms with Crippen molar-refractivity contribution in [2.24, 2.45) is 11.8 Å². The van der Waals surface area contributed by atoms with E-state index in [2.05, 4.69) is 20.7 Å². The van der Waals surface area contributed by atoms with Crippen molar-refractivity contribution in [2.75, 3.05) is 60.2 Å². The lowest BCUT2D eigenvalue weighted by Gasteiger charge is -2.38. The lowest BCUT2D eigenvalue weighted by Crippen LogP contribution is -2.52. The van der Waals surface area contributed by atoms with Gasteiger partial charge in [-0.05, 0) is 62.8 Å². The average molecular weight is 527 g/mol. The summed E-state index contributed by atoms with van der Waals surface area (Å²) in [4.78, 5) is 26.4. The molecule has 2 saturated heterocycles. The molecule has 3 atom stereocenters.